The van der Waals surface area contributed by atoms with Crippen molar-refractivity contribution in [1.29, 1.82) is 0 Å². The summed E-state index contributed by atoms with van der Waals surface area (Å²) < 4.78 is 13.7. The van der Waals surface area contributed by atoms with Crippen LogP contribution < -0.4 is 20.1 Å². The van der Waals surface area contributed by atoms with E-state index >= 15 is 0 Å². The first-order valence-electron chi connectivity index (χ1n) is 13.5. The molecule has 0 atom stereocenters. The van der Waals surface area contributed by atoms with Crippen molar-refractivity contribution in [2.45, 2.75) is 63.7 Å². The van der Waals surface area contributed by atoms with Crippen LogP contribution in [0.4, 0.5) is 11.5 Å². The summed E-state index contributed by atoms with van der Waals surface area (Å²) in [7, 11) is 1.57. The fourth-order valence-electron chi connectivity index (χ4n) is 5.03. The van der Waals surface area contributed by atoms with Crippen molar-refractivity contribution in [3.63, 3.8) is 0 Å². The van der Waals surface area contributed by atoms with Crippen LogP contribution in [0.2, 0.25) is 0 Å². The number of rotatable bonds is 8. The third-order valence-corrected chi connectivity index (χ3v) is 7.35. The molecule has 39 heavy (non-hydrogen) atoms. The second-order valence-corrected chi connectivity index (χ2v) is 10.5. The third-order valence-electron chi connectivity index (χ3n) is 7.35. The van der Waals surface area contributed by atoms with Gasteiger partial charge in [0.15, 0.2) is 5.82 Å². The Kier molecular flexibility index (Phi) is 6.83. The van der Waals surface area contributed by atoms with Crippen molar-refractivity contribution in [3.05, 3.63) is 66.1 Å². The average molecular weight is 528 g/mol. The van der Waals surface area contributed by atoms with Gasteiger partial charge >= 0.3 is 0 Å². The van der Waals surface area contributed by atoms with Crippen molar-refractivity contribution in [2.75, 3.05) is 12.4 Å². The lowest BCUT2D eigenvalue weighted by Gasteiger charge is -2.27. The van der Waals surface area contributed by atoms with E-state index in [9.17, 15) is 9.90 Å². The minimum Gasteiger partial charge on any atom is -0.496 e. The summed E-state index contributed by atoms with van der Waals surface area (Å²) in [5.41, 5.74) is 5.12. The summed E-state index contributed by atoms with van der Waals surface area (Å²) in [4.78, 5) is 17.0. The van der Waals surface area contributed by atoms with Gasteiger partial charge in [0.25, 0.3) is 5.91 Å². The highest BCUT2D eigenvalue weighted by molar-refractivity contribution is 5.98. The number of aliphatic hydroxyl groups excluding tert-OH is 1. The van der Waals surface area contributed by atoms with E-state index in [4.69, 9.17) is 9.47 Å². The second-order valence-electron chi connectivity index (χ2n) is 10.5. The third kappa shape index (κ3) is 5.68. The molecule has 3 heterocycles. The van der Waals surface area contributed by atoms with E-state index in [1.165, 1.54) is 0 Å². The molecule has 0 bridgehead atoms. The van der Waals surface area contributed by atoms with Gasteiger partial charge < -0.3 is 25.2 Å². The quantitative estimate of drug-likeness (QED) is 0.295. The van der Waals surface area contributed by atoms with Gasteiger partial charge in [0.1, 0.15) is 11.5 Å². The fourth-order valence-corrected chi connectivity index (χ4v) is 5.03. The zero-order valence-corrected chi connectivity index (χ0v) is 22.2. The topological polar surface area (TPSA) is 110 Å². The van der Waals surface area contributed by atoms with E-state index in [-0.39, 0.29) is 24.2 Å². The standard InChI is InChI=1S/C30H33N5O4/c1-18-13-26(28(17-31-18)39-24-8-6-23(36)7-9-24)19-11-12-35-22(14-19)16-29(34-35)32-21-5-10-25(27(15-21)38-2)30(37)33-20-3-4-20/h5,10-17,20,23-24,36H,3-4,6-9H2,1-2H3,(H,32,34)(H,33,37). The number of pyridine rings is 2. The van der Waals surface area contributed by atoms with Crippen LogP contribution in [-0.2, 0) is 0 Å². The molecule has 0 unspecified atom stereocenters. The Morgan fingerprint density at radius 2 is 1.85 bits per heavy atom. The Morgan fingerprint density at radius 1 is 1.03 bits per heavy atom. The number of anilines is 2. The van der Waals surface area contributed by atoms with Crippen molar-refractivity contribution < 1.29 is 19.4 Å². The maximum absolute atomic E-state index is 12.5. The van der Waals surface area contributed by atoms with Gasteiger partial charge in [-0.3, -0.25) is 9.78 Å². The summed E-state index contributed by atoms with van der Waals surface area (Å²) in [5, 5.41) is 20.8. The monoisotopic (exact) mass is 527 g/mol. The average Bonchev–Trinajstić information content (AvgIpc) is 3.66. The number of carbonyl (C=O) groups excluding carboxylic acids is 1. The lowest BCUT2D eigenvalue weighted by Crippen LogP contribution is -2.26. The minimum atomic E-state index is -0.224. The van der Waals surface area contributed by atoms with Crippen LogP contribution in [0.15, 0.2) is 54.9 Å². The smallest absolute Gasteiger partial charge is 0.255 e. The number of nitrogens with one attached hydrogen (secondary N) is 2. The first kappa shape index (κ1) is 25.2. The number of methoxy groups -OCH3 is 1. The number of benzene rings is 1. The number of fused-ring (bicyclic) bond motifs is 1. The number of carbonyl (C=O) groups is 1. The Morgan fingerprint density at radius 3 is 2.62 bits per heavy atom. The predicted molar refractivity (Wildman–Crippen MR) is 149 cm³/mol. The van der Waals surface area contributed by atoms with Gasteiger partial charge in [-0.05, 0) is 81.3 Å². The Labute approximate surface area is 227 Å². The van der Waals surface area contributed by atoms with Gasteiger partial charge in [-0.1, -0.05) is 0 Å². The van der Waals surface area contributed by atoms with E-state index in [2.05, 4.69) is 26.8 Å². The van der Waals surface area contributed by atoms with Crippen molar-refractivity contribution in [3.8, 4) is 22.6 Å². The van der Waals surface area contributed by atoms with Gasteiger partial charge in [-0.25, -0.2) is 4.52 Å². The zero-order chi connectivity index (χ0) is 26.9. The summed E-state index contributed by atoms with van der Waals surface area (Å²) in [6.07, 6.45) is 8.84. The number of ether oxygens (including phenoxy) is 2. The van der Waals surface area contributed by atoms with E-state index in [0.29, 0.717) is 17.1 Å². The van der Waals surface area contributed by atoms with Crippen LogP contribution in [0.5, 0.6) is 11.5 Å². The van der Waals surface area contributed by atoms with E-state index in [1.807, 2.05) is 48.0 Å². The molecule has 0 saturated heterocycles. The SMILES string of the molecule is COc1cc(Nc2cc3cc(-c4cc(C)ncc4OC4CCC(O)CC4)ccn3n2)ccc1C(=O)NC1CC1. The maximum atomic E-state index is 12.5. The summed E-state index contributed by atoms with van der Waals surface area (Å²) in [6, 6.07) is 13.8. The van der Waals surface area contributed by atoms with Crippen LogP contribution in [0.3, 0.4) is 0 Å². The van der Waals surface area contributed by atoms with Crippen molar-refractivity contribution >= 4 is 22.9 Å². The molecule has 3 aromatic heterocycles. The molecule has 0 aliphatic heterocycles. The molecule has 4 aromatic rings. The molecule has 3 N–H and O–H groups in total. The summed E-state index contributed by atoms with van der Waals surface area (Å²) >= 11 is 0. The number of nitrogens with zero attached hydrogens (tertiary/aromatic N) is 3. The highest BCUT2D eigenvalue weighted by Gasteiger charge is 2.25. The molecule has 9 heteroatoms. The number of hydrogen-bond acceptors (Lipinski definition) is 7. The number of aliphatic hydroxyl groups is 1. The van der Waals surface area contributed by atoms with Crippen LogP contribution >= 0.6 is 0 Å². The van der Waals surface area contributed by atoms with Gasteiger partial charge in [-0.2, -0.15) is 5.10 Å². The lowest BCUT2D eigenvalue weighted by atomic mass is 9.95. The highest BCUT2D eigenvalue weighted by Crippen LogP contribution is 2.34. The summed E-state index contributed by atoms with van der Waals surface area (Å²) in [5.74, 6) is 1.82. The fraction of sp³-hybridized carbons (Fsp3) is 0.367. The number of aromatic nitrogens is 3. The first-order chi connectivity index (χ1) is 18.9. The molecular weight excluding hydrogens is 494 g/mol. The molecule has 1 aromatic carbocycles. The molecule has 2 saturated carbocycles. The molecule has 2 aliphatic carbocycles. The molecule has 9 nitrogen and oxygen atoms in total. The molecule has 2 fully saturated rings. The van der Waals surface area contributed by atoms with Crippen LogP contribution in [0, 0.1) is 6.92 Å². The Balaban J connectivity index is 1.23. The van der Waals surface area contributed by atoms with Gasteiger partial charge in [0, 0.05) is 41.3 Å². The summed E-state index contributed by atoms with van der Waals surface area (Å²) in [6.45, 7) is 1.97. The number of aryl methyl sites for hydroxylation is 1. The van der Waals surface area contributed by atoms with Crippen LogP contribution in [0.25, 0.3) is 16.6 Å². The second kappa shape index (κ2) is 10.6. The van der Waals surface area contributed by atoms with Crippen LogP contribution in [0.1, 0.15) is 54.6 Å². The number of hydrogen-bond donors (Lipinski definition) is 3. The van der Waals surface area contributed by atoms with E-state index in [1.54, 1.807) is 19.4 Å². The van der Waals surface area contributed by atoms with Crippen molar-refractivity contribution in [1.82, 2.24) is 19.9 Å². The molecule has 0 spiro atoms. The van der Waals surface area contributed by atoms with E-state index in [0.717, 1.165) is 72.3 Å². The Bertz CT molecular complexity index is 1500. The van der Waals surface area contributed by atoms with E-state index < -0.39 is 0 Å². The lowest BCUT2D eigenvalue weighted by molar-refractivity contribution is 0.0667. The molecular formula is C30H33N5O4. The van der Waals surface area contributed by atoms with Gasteiger partial charge in [0.05, 0.1) is 36.6 Å². The molecule has 6 rings (SSSR count). The molecule has 2 aliphatic rings. The largest absolute Gasteiger partial charge is 0.496 e. The van der Waals surface area contributed by atoms with Gasteiger partial charge in [-0.15, -0.1) is 0 Å². The normalized spacial score (nSPS) is 19.1. The zero-order valence-electron chi connectivity index (χ0n) is 22.2. The van der Waals surface area contributed by atoms with Crippen LogP contribution in [-0.4, -0.2) is 51.0 Å². The minimum absolute atomic E-state index is 0.0781. The maximum Gasteiger partial charge on any atom is 0.255 e. The highest BCUT2D eigenvalue weighted by atomic mass is 16.5. The molecule has 0 radical (unpaired) electrons. The molecule has 1 amide bonds. The van der Waals surface area contributed by atoms with Gasteiger partial charge in [0.2, 0.25) is 0 Å². The van der Waals surface area contributed by atoms with Crippen molar-refractivity contribution in [2.24, 2.45) is 0 Å². The number of amides is 1. The first-order valence-corrected chi connectivity index (χ1v) is 13.5. The Hall–Kier alpha value is -4.11. The molecule has 202 valence electrons. The predicted octanol–water partition coefficient (Wildman–Crippen LogP) is 5.03.